The van der Waals surface area contributed by atoms with Gasteiger partial charge in [-0.15, -0.1) is 5.10 Å². The Hall–Kier alpha value is -3.23. The molecule has 1 aliphatic rings. The van der Waals surface area contributed by atoms with Crippen LogP contribution in [0.1, 0.15) is 36.1 Å². The molecule has 0 saturated carbocycles. The van der Waals surface area contributed by atoms with Gasteiger partial charge in [-0.2, -0.15) is 5.10 Å². The van der Waals surface area contributed by atoms with Gasteiger partial charge in [0, 0.05) is 39.1 Å². The first-order valence-electron chi connectivity index (χ1n) is 9.60. The minimum atomic E-state index is -0.299. The quantitative estimate of drug-likeness (QED) is 0.672. The number of rotatable bonds is 4. The number of anilines is 1. The first-order valence-corrected chi connectivity index (χ1v) is 9.60. The summed E-state index contributed by atoms with van der Waals surface area (Å²) in [5.74, 6) is 0.368. The normalized spacial score (nSPS) is 14.7. The van der Waals surface area contributed by atoms with Crippen molar-refractivity contribution in [2.24, 2.45) is 7.05 Å². The molecule has 0 radical (unpaired) electrons. The highest BCUT2D eigenvalue weighted by molar-refractivity contribution is 5.93. The molecule has 4 rings (SSSR count). The Balaban J connectivity index is 1.43. The van der Waals surface area contributed by atoms with Crippen LogP contribution in [-0.2, 0) is 7.05 Å². The number of amides is 1. The number of carbonyl (C=O) groups is 1. The second-order valence-electron chi connectivity index (χ2n) is 7.40. The molecule has 0 atom stereocenters. The lowest BCUT2D eigenvalue weighted by molar-refractivity contribution is 0.0738. The Morgan fingerprint density at radius 3 is 2.41 bits per heavy atom. The van der Waals surface area contributed by atoms with Crippen molar-refractivity contribution >= 4 is 11.9 Å². The number of hydrogen-bond acceptors (Lipinski definition) is 6. The van der Waals surface area contributed by atoms with Crippen LogP contribution >= 0.6 is 0 Å². The van der Waals surface area contributed by atoms with Gasteiger partial charge in [0.1, 0.15) is 5.82 Å². The minimum absolute atomic E-state index is 0.123. The van der Waals surface area contributed by atoms with Crippen molar-refractivity contribution in [3.05, 3.63) is 47.7 Å². The monoisotopic (exact) mass is 398 g/mol. The first kappa shape index (κ1) is 19.1. The SMILES string of the molecule is CC(C)c1nnc(N2CCN(C(=O)c3cc(-c4ccc(F)cc4)n(C)n3)CC2)o1. The lowest BCUT2D eigenvalue weighted by atomic mass is 10.1. The van der Waals surface area contributed by atoms with E-state index in [1.165, 1.54) is 12.1 Å². The van der Waals surface area contributed by atoms with Crippen LogP contribution in [0.4, 0.5) is 10.4 Å². The van der Waals surface area contributed by atoms with E-state index in [9.17, 15) is 9.18 Å². The molecule has 0 bridgehead atoms. The number of benzene rings is 1. The Labute approximate surface area is 167 Å². The van der Waals surface area contributed by atoms with E-state index in [-0.39, 0.29) is 17.6 Å². The second-order valence-corrected chi connectivity index (χ2v) is 7.40. The Kier molecular flexibility index (Phi) is 5.04. The van der Waals surface area contributed by atoms with Gasteiger partial charge in [-0.05, 0) is 35.9 Å². The van der Waals surface area contributed by atoms with Gasteiger partial charge in [0.2, 0.25) is 5.89 Å². The van der Waals surface area contributed by atoms with Crippen LogP contribution in [0.2, 0.25) is 0 Å². The van der Waals surface area contributed by atoms with Crippen LogP contribution in [0, 0.1) is 5.82 Å². The zero-order chi connectivity index (χ0) is 20.5. The van der Waals surface area contributed by atoms with Gasteiger partial charge in [-0.1, -0.05) is 18.9 Å². The molecule has 152 valence electrons. The molecule has 3 aromatic rings. The van der Waals surface area contributed by atoms with E-state index in [0.29, 0.717) is 43.8 Å². The lowest BCUT2D eigenvalue weighted by Crippen LogP contribution is -2.49. The topological polar surface area (TPSA) is 80.3 Å². The van der Waals surface area contributed by atoms with Gasteiger partial charge < -0.3 is 14.2 Å². The maximum absolute atomic E-state index is 13.2. The largest absolute Gasteiger partial charge is 0.408 e. The number of nitrogens with zero attached hydrogens (tertiary/aromatic N) is 6. The fraction of sp³-hybridized carbons (Fsp3) is 0.400. The van der Waals surface area contributed by atoms with Gasteiger partial charge in [-0.3, -0.25) is 9.48 Å². The number of aryl methyl sites for hydroxylation is 1. The van der Waals surface area contributed by atoms with Crippen LogP contribution in [0.25, 0.3) is 11.3 Å². The summed E-state index contributed by atoms with van der Waals surface area (Å²) < 4.78 is 20.5. The molecule has 1 saturated heterocycles. The maximum atomic E-state index is 13.2. The van der Waals surface area contributed by atoms with E-state index in [2.05, 4.69) is 15.3 Å². The van der Waals surface area contributed by atoms with Gasteiger partial charge in [0.25, 0.3) is 5.91 Å². The van der Waals surface area contributed by atoms with Crippen molar-refractivity contribution < 1.29 is 13.6 Å². The van der Waals surface area contributed by atoms with E-state index in [0.717, 1.165) is 11.3 Å². The molecule has 1 amide bonds. The Morgan fingerprint density at radius 2 is 1.79 bits per heavy atom. The van der Waals surface area contributed by atoms with Crippen LogP contribution in [0.3, 0.4) is 0 Å². The number of piperazine rings is 1. The van der Waals surface area contributed by atoms with E-state index < -0.39 is 0 Å². The number of carbonyl (C=O) groups excluding carboxylic acids is 1. The summed E-state index contributed by atoms with van der Waals surface area (Å²) in [4.78, 5) is 16.7. The third-order valence-corrected chi connectivity index (χ3v) is 5.00. The molecule has 1 fully saturated rings. The van der Waals surface area contributed by atoms with Crippen LogP contribution in [0.5, 0.6) is 0 Å². The third-order valence-electron chi connectivity index (χ3n) is 5.00. The van der Waals surface area contributed by atoms with Gasteiger partial charge >= 0.3 is 6.01 Å². The zero-order valence-electron chi connectivity index (χ0n) is 16.7. The highest BCUT2D eigenvalue weighted by atomic mass is 19.1. The van der Waals surface area contributed by atoms with Gasteiger partial charge in [0.15, 0.2) is 5.69 Å². The van der Waals surface area contributed by atoms with Crippen LogP contribution < -0.4 is 4.90 Å². The lowest BCUT2D eigenvalue weighted by Gasteiger charge is -2.33. The van der Waals surface area contributed by atoms with E-state index >= 15 is 0 Å². The summed E-state index contributed by atoms with van der Waals surface area (Å²) >= 11 is 0. The molecule has 0 aliphatic carbocycles. The Bertz CT molecular complexity index is 1000. The third kappa shape index (κ3) is 3.85. The van der Waals surface area contributed by atoms with Crippen LogP contribution in [-0.4, -0.2) is 57.0 Å². The fourth-order valence-electron chi connectivity index (χ4n) is 3.31. The summed E-state index contributed by atoms with van der Waals surface area (Å²) in [6.45, 7) is 6.31. The summed E-state index contributed by atoms with van der Waals surface area (Å²) in [6, 6.07) is 8.38. The Morgan fingerprint density at radius 1 is 1.10 bits per heavy atom. The van der Waals surface area contributed by atoms with E-state index in [1.807, 2.05) is 18.7 Å². The summed E-state index contributed by atoms with van der Waals surface area (Å²) in [7, 11) is 1.77. The fourth-order valence-corrected chi connectivity index (χ4v) is 3.31. The summed E-state index contributed by atoms with van der Waals surface area (Å²) in [6.07, 6.45) is 0. The molecule has 1 aliphatic heterocycles. The van der Waals surface area contributed by atoms with Gasteiger partial charge in [-0.25, -0.2) is 4.39 Å². The van der Waals surface area contributed by atoms with E-state index in [1.54, 1.807) is 34.8 Å². The number of halogens is 1. The van der Waals surface area contributed by atoms with Crippen molar-refractivity contribution in [2.45, 2.75) is 19.8 Å². The first-order chi connectivity index (χ1) is 13.9. The summed E-state index contributed by atoms with van der Waals surface area (Å²) in [5, 5.41) is 12.5. The summed E-state index contributed by atoms with van der Waals surface area (Å²) in [5.41, 5.74) is 1.95. The van der Waals surface area contributed by atoms with Crippen LogP contribution in [0.15, 0.2) is 34.7 Å². The van der Waals surface area contributed by atoms with Crippen molar-refractivity contribution in [1.29, 1.82) is 0 Å². The average molecular weight is 398 g/mol. The maximum Gasteiger partial charge on any atom is 0.318 e. The highest BCUT2D eigenvalue weighted by Gasteiger charge is 2.27. The number of hydrogen-bond donors (Lipinski definition) is 0. The van der Waals surface area contributed by atoms with Crippen molar-refractivity contribution in [3.8, 4) is 11.3 Å². The van der Waals surface area contributed by atoms with Gasteiger partial charge in [0.05, 0.1) is 5.69 Å². The van der Waals surface area contributed by atoms with Crippen molar-refractivity contribution in [3.63, 3.8) is 0 Å². The predicted octanol–water partition coefficient (Wildman–Crippen LogP) is 2.70. The van der Waals surface area contributed by atoms with Crippen molar-refractivity contribution in [2.75, 3.05) is 31.1 Å². The molecule has 3 heterocycles. The molecule has 29 heavy (non-hydrogen) atoms. The molecule has 0 unspecified atom stereocenters. The molecule has 0 N–H and O–H groups in total. The number of aromatic nitrogens is 4. The molecule has 1 aromatic carbocycles. The standard InChI is InChI=1S/C20H23FN6O2/c1-13(2)18-22-23-20(29-18)27-10-8-26(9-11-27)19(28)16-12-17(25(3)24-16)14-4-6-15(21)7-5-14/h4-7,12-13H,8-11H2,1-3H3. The molecule has 0 spiro atoms. The smallest absolute Gasteiger partial charge is 0.318 e. The second kappa shape index (κ2) is 7.65. The molecule has 8 nitrogen and oxygen atoms in total. The molecular weight excluding hydrogens is 375 g/mol. The molecule has 9 heteroatoms. The zero-order valence-corrected chi connectivity index (χ0v) is 16.7. The average Bonchev–Trinajstić information content (AvgIpc) is 3.36. The molecule has 2 aromatic heterocycles. The van der Waals surface area contributed by atoms with Crippen molar-refractivity contribution in [1.82, 2.24) is 24.9 Å². The molecular formula is C20H23FN6O2. The predicted molar refractivity (Wildman–Crippen MR) is 105 cm³/mol. The van der Waals surface area contributed by atoms with E-state index in [4.69, 9.17) is 4.42 Å². The highest BCUT2D eigenvalue weighted by Crippen LogP contribution is 2.22. The minimum Gasteiger partial charge on any atom is -0.408 e.